The molecule has 0 rings (SSSR count). The molecule has 0 aromatic rings. The fourth-order valence-electron chi connectivity index (χ4n) is 3.02. The number of hydrogen-bond acceptors (Lipinski definition) is 2. The summed E-state index contributed by atoms with van der Waals surface area (Å²) in [5, 5.41) is 12.4. The van der Waals surface area contributed by atoms with Crippen LogP contribution in [-0.4, -0.2) is 17.4 Å². The van der Waals surface area contributed by atoms with Crippen molar-refractivity contribution in [2.45, 2.75) is 123 Å². The van der Waals surface area contributed by atoms with E-state index in [0.29, 0.717) is 6.04 Å². The second kappa shape index (κ2) is 18.0. The van der Waals surface area contributed by atoms with Crippen molar-refractivity contribution in [3.63, 3.8) is 0 Å². The van der Waals surface area contributed by atoms with Gasteiger partial charge in [-0.3, -0.25) is 5.32 Å². The van der Waals surface area contributed by atoms with Gasteiger partial charge in [0.05, 0.1) is 0 Å². The maximum Gasteiger partial charge on any atom is 0.102 e. The summed E-state index contributed by atoms with van der Waals surface area (Å²) < 4.78 is 0. The van der Waals surface area contributed by atoms with E-state index in [1.54, 1.807) is 6.92 Å². The predicted octanol–water partition coefficient (Wildman–Crippen LogP) is 6.34. The fourth-order valence-corrected chi connectivity index (χ4v) is 3.02. The molecule has 0 aliphatic heterocycles. The smallest absolute Gasteiger partial charge is 0.102 e. The zero-order valence-corrected chi connectivity index (χ0v) is 16.2. The average Bonchev–Trinajstić information content (AvgIpc) is 2.50. The van der Waals surface area contributed by atoms with Crippen LogP contribution in [0.4, 0.5) is 0 Å². The number of unbranched alkanes of at least 4 members (excludes halogenated alkanes) is 11. The van der Waals surface area contributed by atoms with E-state index in [0.717, 1.165) is 0 Å². The lowest BCUT2D eigenvalue weighted by Gasteiger charge is -2.15. The molecule has 2 heteroatoms. The molecule has 0 aliphatic carbocycles. The first-order chi connectivity index (χ1) is 11.2. The lowest BCUT2D eigenvalue weighted by Crippen LogP contribution is -2.33. The molecule has 0 aliphatic rings. The highest BCUT2D eigenvalue weighted by molar-refractivity contribution is 4.81. The Hall–Kier alpha value is -0.340. The second-order valence-electron chi connectivity index (χ2n) is 7.12. The highest BCUT2D eigenvalue weighted by Crippen LogP contribution is 2.10. The minimum absolute atomic E-state index is 0.381. The van der Waals surface area contributed by atoms with Gasteiger partial charge in [-0.25, -0.2) is 0 Å². The van der Waals surface area contributed by atoms with E-state index in [4.69, 9.17) is 0 Å². The molecule has 2 unspecified atom stereocenters. The summed E-state index contributed by atoms with van der Waals surface area (Å²) in [6.45, 7) is 6.22. The molecule has 0 amide bonds. The van der Waals surface area contributed by atoms with Gasteiger partial charge in [0, 0.05) is 6.04 Å². The molecule has 138 valence electrons. The number of aliphatic hydroxyl groups excluding tert-OH is 1. The van der Waals surface area contributed by atoms with Crippen molar-refractivity contribution in [3.8, 4) is 0 Å². The Bertz CT molecular complexity index is 250. The van der Waals surface area contributed by atoms with E-state index in [-0.39, 0.29) is 6.23 Å². The first-order valence-electron chi connectivity index (χ1n) is 10.3. The molecule has 0 fully saturated rings. The van der Waals surface area contributed by atoms with Gasteiger partial charge in [-0.05, 0) is 46.0 Å². The van der Waals surface area contributed by atoms with Gasteiger partial charge < -0.3 is 5.11 Å². The number of aliphatic hydroxyl groups is 1. The SMILES string of the molecule is CCCCCCCC/C=C\CCCCCCCC(C)NC(C)O. The highest BCUT2D eigenvalue weighted by Gasteiger charge is 2.03. The molecule has 0 bridgehead atoms. The first-order valence-corrected chi connectivity index (χ1v) is 10.3. The minimum Gasteiger partial charge on any atom is -0.379 e. The fraction of sp³-hybridized carbons (Fsp3) is 0.905. The van der Waals surface area contributed by atoms with Crippen LogP contribution >= 0.6 is 0 Å². The van der Waals surface area contributed by atoms with Crippen LogP contribution in [-0.2, 0) is 0 Å². The molecular weight excluding hydrogens is 282 g/mol. The van der Waals surface area contributed by atoms with Crippen LogP contribution in [0.5, 0.6) is 0 Å². The topological polar surface area (TPSA) is 32.3 Å². The zero-order chi connectivity index (χ0) is 17.2. The summed E-state index contributed by atoms with van der Waals surface area (Å²) >= 11 is 0. The maximum absolute atomic E-state index is 9.23. The highest BCUT2D eigenvalue weighted by atomic mass is 16.3. The van der Waals surface area contributed by atoms with Gasteiger partial charge >= 0.3 is 0 Å². The van der Waals surface area contributed by atoms with Gasteiger partial charge in [-0.15, -0.1) is 0 Å². The molecule has 0 heterocycles. The van der Waals surface area contributed by atoms with Crippen LogP contribution in [0.2, 0.25) is 0 Å². The number of nitrogens with one attached hydrogen (secondary N) is 1. The molecule has 0 radical (unpaired) electrons. The summed E-state index contributed by atoms with van der Waals surface area (Å²) in [6.07, 6.45) is 23.1. The molecular formula is C21H43NO. The number of hydrogen-bond donors (Lipinski definition) is 2. The van der Waals surface area contributed by atoms with Crippen LogP contribution in [0.3, 0.4) is 0 Å². The Labute approximate surface area is 146 Å². The summed E-state index contributed by atoms with van der Waals surface area (Å²) in [5.74, 6) is 0. The van der Waals surface area contributed by atoms with Crippen molar-refractivity contribution in [2.24, 2.45) is 0 Å². The van der Waals surface area contributed by atoms with Crippen LogP contribution in [0.1, 0.15) is 111 Å². The first kappa shape index (κ1) is 22.7. The van der Waals surface area contributed by atoms with Gasteiger partial charge in [0.1, 0.15) is 6.23 Å². The summed E-state index contributed by atoms with van der Waals surface area (Å²) in [6, 6.07) is 0.430. The van der Waals surface area contributed by atoms with E-state index in [1.165, 1.54) is 89.9 Å². The summed E-state index contributed by atoms with van der Waals surface area (Å²) in [5.41, 5.74) is 0. The number of allylic oxidation sites excluding steroid dienone is 2. The van der Waals surface area contributed by atoms with E-state index in [2.05, 4.69) is 31.3 Å². The number of rotatable bonds is 17. The van der Waals surface area contributed by atoms with Crippen molar-refractivity contribution >= 4 is 0 Å². The monoisotopic (exact) mass is 325 g/mol. The Morgan fingerprint density at radius 2 is 1.22 bits per heavy atom. The van der Waals surface area contributed by atoms with Gasteiger partial charge in [0.15, 0.2) is 0 Å². The van der Waals surface area contributed by atoms with Crippen LogP contribution in [0.15, 0.2) is 12.2 Å². The van der Waals surface area contributed by atoms with E-state index in [9.17, 15) is 5.11 Å². The summed E-state index contributed by atoms with van der Waals surface area (Å²) in [7, 11) is 0. The van der Waals surface area contributed by atoms with Crippen molar-refractivity contribution in [1.82, 2.24) is 5.32 Å². The predicted molar refractivity (Wildman–Crippen MR) is 104 cm³/mol. The van der Waals surface area contributed by atoms with Crippen molar-refractivity contribution in [1.29, 1.82) is 0 Å². The van der Waals surface area contributed by atoms with E-state index < -0.39 is 0 Å². The largest absolute Gasteiger partial charge is 0.379 e. The van der Waals surface area contributed by atoms with E-state index >= 15 is 0 Å². The molecule has 0 saturated heterocycles. The lowest BCUT2D eigenvalue weighted by atomic mass is 10.1. The van der Waals surface area contributed by atoms with Crippen LogP contribution in [0.25, 0.3) is 0 Å². The molecule has 0 aromatic carbocycles. The normalized spacial score (nSPS) is 14.4. The molecule has 0 spiro atoms. The lowest BCUT2D eigenvalue weighted by molar-refractivity contribution is 0.141. The molecule has 0 saturated carbocycles. The molecule has 0 aromatic heterocycles. The summed E-state index contributed by atoms with van der Waals surface area (Å²) in [4.78, 5) is 0. The van der Waals surface area contributed by atoms with Gasteiger partial charge in [0.2, 0.25) is 0 Å². The molecule has 2 N–H and O–H groups in total. The zero-order valence-electron chi connectivity index (χ0n) is 16.2. The average molecular weight is 326 g/mol. The maximum atomic E-state index is 9.23. The third-order valence-electron chi connectivity index (χ3n) is 4.42. The Kier molecular flexibility index (Phi) is 17.7. The Morgan fingerprint density at radius 1 is 0.739 bits per heavy atom. The van der Waals surface area contributed by atoms with Gasteiger partial charge in [-0.2, -0.15) is 0 Å². The van der Waals surface area contributed by atoms with Crippen molar-refractivity contribution < 1.29 is 5.11 Å². The quantitative estimate of drug-likeness (QED) is 0.186. The Morgan fingerprint density at radius 3 is 1.74 bits per heavy atom. The molecule has 2 atom stereocenters. The minimum atomic E-state index is -0.381. The van der Waals surface area contributed by atoms with Crippen molar-refractivity contribution in [3.05, 3.63) is 12.2 Å². The Balaban J connectivity index is 3.16. The van der Waals surface area contributed by atoms with Crippen molar-refractivity contribution in [2.75, 3.05) is 0 Å². The third-order valence-corrected chi connectivity index (χ3v) is 4.42. The third kappa shape index (κ3) is 19.6. The van der Waals surface area contributed by atoms with Gasteiger partial charge in [-0.1, -0.05) is 76.9 Å². The van der Waals surface area contributed by atoms with Crippen LogP contribution < -0.4 is 5.32 Å². The van der Waals surface area contributed by atoms with Crippen LogP contribution in [0, 0.1) is 0 Å². The standard InChI is InChI=1S/C21H43NO/c1-4-5-6-7-8-9-10-11-12-13-14-15-16-17-18-19-20(2)22-21(3)23/h11-12,20-23H,4-10,13-19H2,1-3H3/b12-11-. The molecule has 2 nitrogen and oxygen atoms in total. The second-order valence-corrected chi connectivity index (χ2v) is 7.12. The molecule has 23 heavy (non-hydrogen) atoms. The van der Waals surface area contributed by atoms with Gasteiger partial charge in [0.25, 0.3) is 0 Å². The van der Waals surface area contributed by atoms with E-state index in [1.807, 2.05) is 0 Å².